The highest BCUT2D eigenvalue weighted by atomic mass is 32.2. The summed E-state index contributed by atoms with van der Waals surface area (Å²) in [6.07, 6.45) is 0.710. The Hall–Kier alpha value is -1.80. The van der Waals surface area contributed by atoms with E-state index in [-0.39, 0.29) is 11.9 Å². The van der Waals surface area contributed by atoms with Gasteiger partial charge in [-0.05, 0) is 42.3 Å². The summed E-state index contributed by atoms with van der Waals surface area (Å²) in [4.78, 5) is 2.60. The highest BCUT2D eigenvalue weighted by molar-refractivity contribution is 7.89. The van der Waals surface area contributed by atoms with Crippen LogP contribution in [0.4, 0.5) is 4.39 Å². The Morgan fingerprint density at radius 3 is 2.48 bits per heavy atom. The van der Waals surface area contributed by atoms with E-state index in [1.54, 1.807) is 34.6 Å². The number of nitrogens with one attached hydrogen (secondary N) is 1. The van der Waals surface area contributed by atoms with E-state index < -0.39 is 10.0 Å². The van der Waals surface area contributed by atoms with Crippen LogP contribution in [-0.2, 0) is 16.4 Å². The lowest BCUT2D eigenvalue weighted by atomic mass is 9.93. The maximum absolute atomic E-state index is 14.1. The van der Waals surface area contributed by atoms with Crippen molar-refractivity contribution in [2.45, 2.75) is 17.4 Å². The second kappa shape index (κ2) is 7.67. The summed E-state index contributed by atoms with van der Waals surface area (Å²) in [7, 11) is -3.43. The smallest absolute Gasteiger partial charge is 0.243 e. The first-order valence-corrected chi connectivity index (χ1v) is 10.8. The molecule has 0 radical (unpaired) electrons. The van der Waals surface area contributed by atoms with Gasteiger partial charge in [0.05, 0.1) is 4.90 Å². The summed E-state index contributed by atoms with van der Waals surface area (Å²) in [5, 5.41) is 3.48. The van der Waals surface area contributed by atoms with Crippen molar-refractivity contribution in [3.05, 3.63) is 65.5 Å². The number of nitrogens with zero attached hydrogens (tertiary/aromatic N) is 2. The first kappa shape index (κ1) is 18.6. The fourth-order valence-electron chi connectivity index (χ4n) is 3.96. The average Bonchev–Trinajstić information content (AvgIpc) is 2.70. The molecule has 1 atom stereocenters. The number of benzene rings is 2. The summed E-state index contributed by atoms with van der Waals surface area (Å²) in [6, 6.07) is 13.9. The molecule has 1 N–H and O–H groups in total. The summed E-state index contributed by atoms with van der Waals surface area (Å²) in [5.74, 6) is -0.127. The van der Waals surface area contributed by atoms with E-state index in [0.29, 0.717) is 37.5 Å². The molecule has 7 heteroatoms. The van der Waals surface area contributed by atoms with Crippen LogP contribution in [0.2, 0.25) is 0 Å². The van der Waals surface area contributed by atoms with E-state index in [0.717, 1.165) is 24.2 Å². The van der Waals surface area contributed by atoms with Crippen LogP contribution in [0.5, 0.6) is 0 Å². The van der Waals surface area contributed by atoms with Crippen LogP contribution in [0.1, 0.15) is 17.2 Å². The molecule has 2 aromatic rings. The summed E-state index contributed by atoms with van der Waals surface area (Å²) >= 11 is 0. The molecule has 0 spiro atoms. The normalized spacial score (nSPS) is 21.7. The van der Waals surface area contributed by atoms with E-state index in [1.807, 2.05) is 12.1 Å². The first-order chi connectivity index (χ1) is 13.1. The van der Waals surface area contributed by atoms with Gasteiger partial charge in [-0.3, -0.25) is 4.90 Å². The zero-order valence-corrected chi connectivity index (χ0v) is 16.0. The lowest BCUT2D eigenvalue weighted by Gasteiger charge is -2.37. The van der Waals surface area contributed by atoms with Crippen LogP contribution in [0, 0.1) is 5.82 Å². The van der Waals surface area contributed by atoms with Gasteiger partial charge in [-0.1, -0.05) is 30.3 Å². The van der Waals surface area contributed by atoms with Gasteiger partial charge in [0.2, 0.25) is 10.0 Å². The van der Waals surface area contributed by atoms with Gasteiger partial charge in [-0.25, -0.2) is 12.8 Å². The molecule has 2 aliphatic rings. The van der Waals surface area contributed by atoms with Crippen molar-refractivity contribution in [3.63, 3.8) is 0 Å². The van der Waals surface area contributed by atoms with Crippen molar-refractivity contribution in [1.82, 2.24) is 14.5 Å². The maximum atomic E-state index is 14.1. The Morgan fingerprint density at radius 1 is 1.00 bits per heavy atom. The summed E-state index contributed by atoms with van der Waals surface area (Å²) in [6.45, 7) is 3.82. The van der Waals surface area contributed by atoms with Crippen molar-refractivity contribution in [2.24, 2.45) is 0 Å². The predicted octanol–water partition coefficient (Wildman–Crippen LogP) is 2.02. The Bertz CT molecular complexity index is 897. The second-order valence-corrected chi connectivity index (χ2v) is 9.02. The quantitative estimate of drug-likeness (QED) is 0.869. The molecule has 1 fully saturated rings. The highest BCUT2D eigenvalue weighted by Crippen LogP contribution is 2.26. The molecular formula is C20H24FN3O2S. The van der Waals surface area contributed by atoms with E-state index in [9.17, 15) is 12.8 Å². The fourth-order valence-corrected chi connectivity index (χ4v) is 5.41. The first-order valence-electron chi connectivity index (χ1n) is 9.34. The minimum atomic E-state index is -3.43. The minimum absolute atomic E-state index is 0.0849. The Balaban J connectivity index is 1.41. The minimum Gasteiger partial charge on any atom is -0.309 e. The van der Waals surface area contributed by atoms with Crippen LogP contribution < -0.4 is 5.32 Å². The molecule has 4 rings (SSSR count). The molecule has 1 saturated heterocycles. The van der Waals surface area contributed by atoms with Gasteiger partial charge in [-0.15, -0.1) is 0 Å². The molecule has 2 aliphatic heterocycles. The third-order valence-electron chi connectivity index (χ3n) is 5.45. The van der Waals surface area contributed by atoms with Gasteiger partial charge in [0, 0.05) is 38.8 Å². The van der Waals surface area contributed by atoms with Gasteiger partial charge in [0.15, 0.2) is 0 Å². The number of halogens is 1. The Morgan fingerprint density at radius 2 is 1.74 bits per heavy atom. The SMILES string of the molecule is O=S(=O)(c1ccccc1)N1CCN(C[C@@H]2NCCc3c(F)cccc32)CC1. The third kappa shape index (κ3) is 3.78. The van der Waals surface area contributed by atoms with Crippen molar-refractivity contribution < 1.29 is 12.8 Å². The van der Waals surface area contributed by atoms with Crippen LogP contribution in [0.15, 0.2) is 53.4 Å². The van der Waals surface area contributed by atoms with Crippen molar-refractivity contribution in [2.75, 3.05) is 39.3 Å². The number of fused-ring (bicyclic) bond motifs is 1. The molecule has 0 amide bonds. The number of sulfonamides is 1. The van der Waals surface area contributed by atoms with Crippen LogP contribution in [0.3, 0.4) is 0 Å². The summed E-state index contributed by atoms with van der Waals surface area (Å²) in [5.41, 5.74) is 1.84. The molecular weight excluding hydrogens is 365 g/mol. The monoisotopic (exact) mass is 389 g/mol. The molecule has 0 aromatic heterocycles. The maximum Gasteiger partial charge on any atom is 0.243 e. The number of hydrogen-bond donors (Lipinski definition) is 1. The Labute approximate surface area is 159 Å². The van der Waals surface area contributed by atoms with Crippen molar-refractivity contribution in [3.8, 4) is 0 Å². The lowest BCUT2D eigenvalue weighted by Crippen LogP contribution is -2.51. The number of piperazine rings is 1. The zero-order chi connectivity index (χ0) is 18.9. The van der Waals surface area contributed by atoms with Gasteiger partial charge in [-0.2, -0.15) is 4.31 Å². The third-order valence-corrected chi connectivity index (χ3v) is 7.36. The van der Waals surface area contributed by atoms with Crippen LogP contribution >= 0.6 is 0 Å². The summed E-state index contributed by atoms with van der Waals surface area (Å²) < 4.78 is 41.1. The standard InChI is InChI=1S/C20H24FN3O2S/c21-19-8-4-7-18-17(19)9-10-22-20(18)15-23-11-13-24(14-12-23)27(25,26)16-5-2-1-3-6-16/h1-8,20,22H,9-15H2/t20-/m0/s1. The largest absolute Gasteiger partial charge is 0.309 e. The topological polar surface area (TPSA) is 52.7 Å². The van der Waals surface area contributed by atoms with Gasteiger partial charge < -0.3 is 5.32 Å². The van der Waals surface area contributed by atoms with Gasteiger partial charge in [0.25, 0.3) is 0 Å². The molecule has 2 aromatic carbocycles. The number of rotatable bonds is 4. The molecule has 0 aliphatic carbocycles. The van der Waals surface area contributed by atoms with E-state index in [1.165, 1.54) is 6.07 Å². The van der Waals surface area contributed by atoms with Crippen molar-refractivity contribution in [1.29, 1.82) is 0 Å². The van der Waals surface area contributed by atoms with Crippen LogP contribution in [0.25, 0.3) is 0 Å². The highest BCUT2D eigenvalue weighted by Gasteiger charge is 2.30. The fraction of sp³-hybridized carbons (Fsp3) is 0.400. The second-order valence-electron chi connectivity index (χ2n) is 7.08. The lowest BCUT2D eigenvalue weighted by molar-refractivity contribution is 0.170. The van der Waals surface area contributed by atoms with E-state index in [2.05, 4.69) is 10.2 Å². The van der Waals surface area contributed by atoms with Gasteiger partial charge >= 0.3 is 0 Å². The van der Waals surface area contributed by atoms with Gasteiger partial charge in [0.1, 0.15) is 5.82 Å². The molecule has 144 valence electrons. The number of hydrogen-bond acceptors (Lipinski definition) is 4. The zero-order valence-electron chi connectivity index (χ0n) is 15.1. The molecule has 0 saturated carbocycles. The molecule has 27 heavy (non-hydrogen) atoms. The predicted molar refractivity (Wildman–Crippen MR) is 102 cm³/mol. The van der Waals surface area contributed by atoms with E-state index in [4.69, 9.17) is 0 Å². The van der Waals surface area contributed by atoms with E-state index >= 15 is 0 Å². The Kier molecular flexibility index (Phi) is 5.27. The van der Waals surface area contributed by atoms with Crippen molar-refractivity contribution >= 4 is 10.0 Å². The molecule has 0 unspecified atom stereocenters. The molecule has 2 heterocycles. The molecule has 0 bridgehead atoms. The van der Waals surface area contributed by atoms with Crippen LogP contribution in [-0.4, -0.2) is 56.9 Å². The molecule has 5 nitrogen and oxygen atoms in total. The average molecular weight is 389 g/mol.